The molecule has 0 N–H and O–H groups in total. The Bertz CT molecular complexity index is 623. The van der Waals surface area contributed by atoms with E-state index in [9.17, 15) is 28.1 Å². The molecule has 0 saturated heterocycles. The fourth-order valence-corrected chi connectivity index (χ4v) is 2.00. The number of nitro groups is 1. The van der Waals surface area contributed by atoms with Crippen molar-refractivity contribution in [2.75, 3.05) is 6.54 Å². The average Bonchev–Trinajstić information content (AvgIpc) is 2.36. The number of halogens is 3. The first-order valence-electron chi connectivity index (χ1n) is 6.02. The van der Waals surface area contributed by atoms with Crippen LogP contribution in [-0.2, 0) is 11.0 Å². The number of carbonyl (C=O) groups is 1. The second-order valence-electron chi connectivity index (χ2n) is 4.58. The molecule has 0 aliphatic carbocycles. The van der Waals surface area contributed by atoms with Crippen molar-refractivity contribution in [3.63, 3.8) is 0 Å². The van der Waals surface area contributed by atoms with Gasteiger partial charge in [-0.05, 0) is 30.2 Å². The summed E-state index contributed by atoms with van der Waals surface area (Å²) in [5.74, 6) is -1.33. The summed E-state index contributed by atoms with van der Waals surface area (Å²) in [7, 11) is 0. The molecule has 10 heteroatoms. The van der Waals surface area contributed by atoms with Crippen molar-refractivity contribution < 1.29 is 22.9 Å². The number of Topliss-reactive ketones (excluding diaryl/α,β-unsaturated/α-hetero) is 1. The number of carbonyl (C=O) groups excluding carboxylic acids is 1. The van der Waals surface area contributed by atoms with Gasteiger partial charge >= 0.3 is 6.18 Å². The summed E-state index contributed by atoms with van der Waals surface area (Å²) in [5.41, 5.74) is 7.09. The quantitative estimate of drug-likeness (QED) is 0.260. The molecule has 1 rings (SSSR count). The van der Waals surface area contributed by atoms with Crippen LogP contribution >= 0.6 is 0 Å². The number of alkyl halides is 3. The predicted molar refractivity (Wildman–Crippen MR) is 70.2 cm³/mol. The molecule has 0 spiro atoms. The van der Waals surface area contributed by atoms with E-state index in [4.69, 9.17) is 5.53 Å². The minimum absolute atomic E-state index is 0.0395. The van der Waals surface area contributed by atoms with Gasteiger partial charge in [0.1, 0.15) is 5.78 Å². The molecule has 118 valence electrons. The van der Waals surface area contributed by atoms with Crippen LogP contribution in [0.3, 0.4) is 0 Å². The van der Waals surface area contributed by atoms with Crippen LogP contribution in [0.25, 0.3) is 10.4 Å². The summed E-state index contributed by atoms with van der Waals surface area (Å²) in [6, 6.07) is 2.35. The first-order chi connectivity index (χ1) is 10.1. The van der Waals surface area contributed by atoms with Gasteiger partial charge in [-0.2, -0.15) is 13.2 Å². The first-order valence-corrected chi connectivity index (χ1v) is 6.02. The normalized spacial score (nSPS) is 12.4. The molecule has 0 aliphatic rings. The maximum absolute atomic E-state index is 12.7. The van der Waals surface area contributed by atoms with Crippen molar-refractivity contribution >= 4 is 11.5 Å². The van der Waals surface area contributed by atoms with E-state index in [0.29, 0.717) is 6.07 Å². The van der Waals surface area contributed by atoms with E-state index in [1.807, 2.05) is 0 Å². The molecule has 1 atom stereocenters. The Morgan fingerprint density at radius 3 is 2.59 bits per heavy atom. The minimum Gasteiger partial charge on any atom is -0.300 e. The Balaban J connectivity index is 3.38. The third-order valence-electron chi connectivity index (χ3n) is 2.85. The summed E-state index contributed by atoms with van der Waals surface area (Å²) >= 11 is 0. The van der Waals surface area contributed by atoms with Gasteiger partial charge in [-0.3, -0.25) is 10.1 Å². The van der Waals surface area contributed by atoms with Crippen molar-refractivity contribution in [1.82, 2.24) is 0 Å². The molecule has 0 saturated carbocycles. The standard InChI is InChI=1S/C12H11F3N4O3/c1-7(20)4-8(6-19(21)22)10-3-2-9(12(13,14)15)5-11(10)17-18-16/h2-3,5,8H,4,6H2,1H3/t8-/m0/s1. The highest BCUT2D eigenvalue weighted by molar-refractivity contribution is 5.76. The van der Waals surface area contributed by atoms with Crippen molar-refractivity contribution in [2.45, 2.75) is 25.4 Å². The topological polar surface area (TPSA) is 109 Å². The highest BCUT2D eigenvalue weighted by atomic mass is 19.4. The van der Waals surface area contributed by atoms with Crippen LogP contribution in [0.5, 0.6) is 0 Å². The van der Waals surface area contributed by atoms with Crippen LogP contribution < -0.4 is 0 Å². The van der Waals surface area contributed by atoms with Crippen LogP contribution in [0.1, 0.15) is 30.4 Å². The molecule has 0 aromatic heterocycles. The van der Waals surface area contributed by atoms with Gasteiger partial charge in [0.2, 0.25) is 6.54 Å². The third-order valence-corrected chi connectivity index (χ3v) is 2.85. The van der Waals surface area contributed by atoms with E-state index in [0.717, 1.165) is 12.1 Å². The zero-order valence-corrected chi connectivity index (χ0v) is 11.4. The van der Waals surface area contributed by atoms with Crippen LogP contribution in [0.2, 0.25) is 0 Å². The Morgan fingerprint density at radius 1 is 1.50 bits per heavy atom. The number of hydrogen-bond donors (Lipinski definition) is 0. The largest absolute Gasteiger partial charge is 0.416 e. The molecular weight excluding hydrogens is 305 g/mol. The van der Waals surface area contributed by atoms with Crippen molar-refractivity contribution in [3.8, 4) is 0 Å². The van der Waals surface area contributed by atoms with Crippen LogP contribution in [0.15, 0.2) is 23.3 Å². The van der Waals surface area contributed by atoms with Crippen molar-refractivity contribution in [3.05, 3.63) is 49.9 Å². The van der Waals surface area contributed by atoms with Gasteiger partial charge in [-0.15, -0.1) is 0 Å². The molecular formula is C12H11F3N4O3. The third kappa shape index (κ3) is 4.74. The molecule has 0 amide bonds. The molecule has 1 aromatic carbocycles. The summed E-state index contributed by atoms with van der Waals surface area (Å²) in [6.07, 6.45) is -4.88. The Hall–Kier alpha value is -2.61. The van der Waals surface area contributed by atoms with Gasteiger partial charge in [0.25, 0.3) is 0 Å². The van der Waals surface area contributed by atoms with E-state index >= 15 is 0 Å². The maximum atomic E-state index is 12.7. The lowest BCUT2D eigenvalue weighted by Crippen LogP contribution is -2.16. The maximum Gasteiger partial charge on any atom is 0.416 e. The van der Waals surface area contributed by atoms with Crippen molar-refractivity contribution in [1.29, 1.82) is 0 Å². The fraction of sp³-hybridized carbons (Fsp3) is 0.417. The molecule has 0 aliphatic heterocycles. The van der Waals surface area contributed by atoms with Crippen LogP contribution in [0, 0.1) is 10.1 Å². The summed E-state index contributed by atoms with van der Waals surface area (Å²) in [5, 5.41) is 13.8. The van der Waals surface area contributed by atoms with E-state index in [1.165, 1.54) is 6.92 Å². The highest BCUT2D eigenvalue weighted by Gasteiger charge is 2.32. The first kappa shape index (κ1) is 17.4. The van der Waals surface area contributed by atoms with Gasteiger partial charge in [-0.1, -0.05) is 11.2 Å². The van der Waals surface area contributed by atoms with Gasteiger partial charge in [0, 0.05) is 21.9 Å². The van der Waals surface area contributed by atoms with Crippen molar-refractivity contribution in [2.24, 2.45) is 5.11 Å². The van der Waals surface area contributed by atoms with E-state index in [2.05, 4.69) is 10.0 Å². The molecule has 7 nitrogen and oxygen atoms in total. The number of rotatable bonds is 6. The van der Waals surface area contributed by atoms with Gasteiger partial charge < -0.3 is 4.79 Å². The second kappa shape index (κ2) is 6.90. The zero-order valence-electron chi connectivity index (χ0n) is 11.4. The minimum atomic E-state index is -4.64. The van der Waals surface area contributed by atoms with Crippen LogP contribution in [-0.4, -0.2) is 17.3 Å². The highest BCUT2D eigenvalue weighted by Crippen LogP contribution is 2.36. The molecule has 1 aromatic rings. The molecule has 0 fully saturated rings. The summed E-state index contributed by atoms with van der Waals surface area (Å²) in [4.78, 5) is 23.6. The van der Waals surface area contributed by atoms with E-state index in [1.54, 1.807) is 0 Å². The summed E-state index contributed by atoms with van der Waals surface area (Å²) in [6.45, 7) is 0.559. The summed E-state index contributed by atoms with van der Waals surface area (Å²) < 4.78 is 38.0. The fourth-order valence-electron chi connectivity index (χ4n) is 2.00. The number of benzene rings is 1. The van der Waals surface area contributed by atoms with Crippen LogP contribution in [0.4, 0.5) is 18.9 Å². The SMILES string of the molecule is CC(=O)C[C@@H](C[N+](=O)[O-])c1ccc(C(F)(F)F)cc1N=[N+]=[N-]. The average molecular weight is 316 g/mol. The molecule has 0 unspecified atom stereocenters. The Morgan fingerprint density at radius 2 is 2.14 bits per heavy atom. The number of azide groups is 1. The second-order valence-corrected chi connectivity index (χ2v) is 4.58. The molecule has 0 radical (unpaired) electrons. The lowest BCUT2D eigenvalue weighted by Gasteiger charge is -2.16. The lowest BCUT2D eigenvalue weighted by molar-refractivity contribution is -0.483. The van der Waals surface area contributed by atoms with E-state index in [-0.39, 0.29) is 23.5 Å². The van der Waals surface area contributed by atoms with Gasteiger partial charge in [-0.25, -0.2) is 0 Å². The molecule has 0 bridgehead atoms. The smallest absolute Gasteiger partial charge is 0.300 e. The Labute approximate surface area is 122 Å². The number of ketones is 1. The molecule has 22 heavy (non-hydrogen) atoms. The van der Waals surface area contributed by atoms with E-state index < -0.39 is 29.1 Å². The molecule has 0 heterocycles. The van der Waals surface area contributed by atoms with Gasteiger partial charge in [0.15, 0.2) is 0 Å². The van der Waals surface area contributed by atoms with Gasteiger partial charge in [0.05, 0.1) is 11.5 Å². The number of hydrogen-bond acceptors (Lipinski definition) is 4. The Kier molecular flexibility index (Phi) is 5.47. The monoisotopic (exact) mass is 316 g/mol. The predicted octanol–water partition coefficient (Wildman–Crippen LogP) is 3.99. The lowest BCUT2D eigenvalue weighted by atomic mass is 9.91. The zero-order chi connectivity index (χ0) is 16.9. The number of nitrogens with zero attached hydrogens (tertiary/aromatic N) is 4.